The average molecular weight is 792 g/mol. The fraction of sp³-hybridized carbons (Fsp3) is 0.167. The maximum atomic E-state index is 14.2. The molecular weight excluding hydrogens is 760 g/mol. The molecule has 268 valence electrons. The Balaban J connectivity index is 1.54. The van der Waals surface area contributed by atoms with Crippen LogP contribution in [0.15, 0.2) is 113 Å². The Hall–Kier alpha value is -3.82. The van der Waals surface area contributed by atoms with E-state index in [2.05, 4.69) is 0 Å². The molecule has 1 atom stereocenters. The molecule has 15 heteroatoms. The summed E-state index contributed by atoms with van der Waals surface area (Å²) in [4.78, 5) is -0.377. The molecule has 51 heavy (non-hydrogen) atoms. The van der Waals surface area contributed by atoms with Crippen molar-refractivity contribution in [2.45, 2.75) is 42.0 Å². The minimum absolute atomic E-state index is 0.0296. The van der Waals surface area contributed by atoms with Crippen LogP contribution in [0.3, 0.4) is 0 Å². The number of rotatable bonds is 14. The van der Waals surface area contributed by atoms with Crippen LogP contribution in [0.4, 0.5) is 4.39 Å². The lowest BCUT2D eigenvalue weighted by molar-refractivity contribution is 0.393. The number of phenols is 1. The zero-order valence-electron chi connectivity index (χ0n) is 27.0. The molecule has 0 radical (unpaired) electrons. The van der Waals surface area contributed by atoms with Crippen LogP contribution in [-0.2, 0) is 56.2 Å². The van der Waals surface area contributed by atoms with Gasteiger partial charge in [-0.05, 0) is 96.3 Å². The predicted octanol–water partition coefficient (Wildman–Crippen LogP) is 7.73. The van der Waals surface area contributed by atoms with E-state index in [-0.39, 0.29) is 57.5 Å². The number of hydrogen-bond donors (Lipinski definition) is 1. The number of aryl methyl sites for hydroxylation is 2. The number of halogens is 3. The van der Waals surface area contributed by atoms with E-state index < -0.39 is 47.4 Å². The van der Waals surface area contributed by atoms with E-state index in [4.69, 9.17) is 27.9 Å². The molecule has 0 saturated carbocycles. The topological polar surface area (TPSA) is 141 Å². The molecule has 0 aliphatic rings. The molecular formula is C36H31Cl2FNO8S3-. The first kappa shape index (κ1) is 38.4. The van der Waals surface area contributed by atoms with Gasteiger partial charge in [-0.25, -0.2) is 21.2 Å². The Labute approximate surface area is 308 Å². The normalized spacial score (nSPS) is 12.6. The number of hydrogen-bond acceptors (Lipinski definition) is 8. The summed E-state index contributed by atoms with van der Waals surface area (Å²) >= 11 is 9.93. The maximum Gasteiger partial charge on any atom is 0.247 e. The lowest BCUT2D eigenvalue weighted by Crippen LogP contribution is -2.30. The van der Waals surface area contributed by atoms with Gasteiger partial charge in [0.05, 0.1) is 15.7 Å². The van der Waals surface area contributed by atoms with Crippen LogP contribution in [0.5, 0.6) is 17.2 Å². The summed E-state index contributed by atoms with van der Waals surface area (Å²) in [5.41, 5.74) is 2.81. The molecule has 5 aromatic carbocycles. The fourth-order valence-corrected chi connectivity index (χ4v) is 9.08. The number of nitrogens with zero attached hydrogens (tertiary/aromatic N) is 1. The van der Waals surface area contributed by atoms with Crippen LogP contribution in [-0.4, -0.2) is 40.8 Å². The van der Waals surface area contributed by atoms with E-state index in [1.807, 2.05) is 6.92 Å². The van der Waals surface area contributed by atoms with Gasteiger partial charge in [-0.3, -0.25) is 4.21 Å². The van der Waals surface area contributed by atoms with Crippen molar-refractivity contribution in [2.24, 2.45) is 0 Å². The third-order valence-electron chi connectivity index (χ3n) is 7.75. The summed E-state index contributed by atoms with van der Waals surface area (Å²) in [5, 5.41) is 10.4. The maximum absolute atomic E-state index is 14.2. The van der Waals surface area contributed by atoms with Gasteiger partial charge in [0.1, 0.15) is 22.2 Å². The number of ether oxygens (including phenoxy) is 1. The predicted molar refractivity (Wildman–Crippen MR) is 193 cm³/mol. The van der Waals surface area contributed by atoms with E-state index in [9.17, 15) is 35.1 Å². The number of phenolic OH excluding ortho intramolecular Hbond substituents is 1. The summed E-state index contributed by atoms with van der Waals surface area (Å²) in [6.45, 7) is 1.33. The standard InChI is InChI=1S/C36H32Cl2FNO8S3/c1-24-2-12-33(13-3-24)50(44,45)15-14-27-16-28(18-32(17-27)48-31-10-8-30(39)9-11-31)22-40(21-25-4-6-26(7-5-25)23-49(42)43)51(46,47)35-20-29(37)19-34(38)36(35)41/h2-13,16-20,41H,14-15,21-23H2,1H3,(H,42,43)/p-1. The number of benzene rings is 5. The molecule has 0 bridgehead atoms. The van der Waals surface area contributed by atoms with Crippen LogP contribution in [0.2, 0.25) is 10.0 Å². The summed E-state index contributed by atoms with van der Waals surface area (Å²) in [6.07, 6.45) is 0.0455. The van der Waals surface area contributed by atoms with Crippen molar-refractivity contribution in [3.8, 4) is 17.2 Å². The molecule has 9 nitrogen and oxygen atoms in total. The molecule has 5 aromatic rings. The van der Waals surface area contributed by atoms with Crippen molar-refractivity contribution in [2.75, 3.05) is 5.75 Å². The van der Waals surface area contributed by atoms with E-state index in [1.165, 1.54) is 42.5 Å². The van der Waals surface area contributed by atoms with Crippen LogP contribution in [0.1, 0.15) is 27.8 Å². The van der Waals surface area contributed by atoms with Gasteiger partial charge in [0.25, 0.3) is 0 Å². The Morgan fingerprint density at radius 1 is 0.784 bits per heavy atom. The molecule has 0 spiro atoms. The Morgan fingerprint density at radius 2 is 1.39 bits per heavy atom. The van der Waals surface area contributed by atoms with Crippen LogP contribution >= 0.6 is 23.2 Å². The van der Waals surface area contributed by atoms with E-state index in [0.29, 0.717) is 22.3 Å². The quantitative estimate of drug-likeness (QED) is 0.113. The van der Waals surface area contributed by atoms with Gasteiger partial charge in [-0.15, -0.1) is 0 Å². The highest BCUT2D eigenvalue weighted by Crippen LogP contribution is 2.37. The Morgan fingerprint density at radius 3 is 2.04 bits per heavy atom. The minimum atomic E-state index is -4.53. The lowest BCUT2D eigenvalue weighted by Gasteiger charge is -2.24. The van der Waals surface area contributed by atoms with Gasteiger partial charge >= 0.3 is 0 Å². The molecule has 1 N–H and O–H groups in total. The molecule has 0 heterocycles. The smallest absolute Gasteiger partial charge is 0.247 e. The molecule has 0 saturated heterocycles. The first-order valence-corrected chi connectivity index (χ1v) is 20.4. The first-order chi connectivity index (χ1) is 24.1. The van der Waals surface area contributed by atoms with E-state index >= 15 is 0 Å². The summed E-state index contributed by atoms with van der Waals surface area (Å²) in [5.74, 6) is -1.13. The van der Waals surface area contributed by atoms with Crippen LogP contribution < -0.4 is 4.74 Å². The minimum Gasteiger partial charge on any atom is -0.772 e. The van der Waals surface area contributed by atoms with Crippen molar-refractivity contribution >= 4 is 54.1 Å². The van der Waals surface area contributed by atoms with Gasteiger partial charge in [0.15, 0.2) is 15.6 Å². The molecule has 1 unspecified atom stereocenters. The van der Waals surface area contributed by atoms with Gasteiger partial charge in [-0.2, -0.15) is 4.31 Å². The highest BCUT2D eigenvalue weighted by atomic mass is 35.5. The second-order valence-electron chi connectivity index (χ2n) is 11.7. The van der Waals surface area contributed by atoms with Gasteiger partial charge in [0.2, 0.25) is 10.0 Å². The second kappa shape index (κ2) is 16.2. The van der Waals surface area contributed by atoms with Gasteiger partial charge in [-0.1, -0.05) is 82.3 Å². The Kier molecular flexibility index (Phi) is 12.2. The SMILES string of the molecule is Cc1ccc(S(=O)(=O)CCc2cc(CN(Cc3ccc(CS(=O)[O-])cc3)S(=O)(=O)c3cc(Cl)cc(Cl)c3O)cc(Oc3ccc(F)cc3)c2)cc1. The second-order valence-corrected chi connectivity index (χ2v) is 17.5. The highest BCUT2D eigenvalue weighted by molar-refractivity contribution is 7.91. The number of sulfonamides is 1. The van der Waals surface area contributed by atoms with Crippen LogP contribution in [0.25, 0.3) is 0 Å². The summed E-state index contributed by atoms with van der Waals surface area (Å²) in [6, 6.07) is 25.2. The first-order valence-electron chi connectivity index (χ1n) is 15.3. The molecule has 0 fully saturated rings. The van der Waals surface area contributed by atoms with Gasteiger partial charge in [0, 0.05) is 23.9 Å². The zero-order chi connectivity index (χ0) is 36.9. The van der Waals surface area contributed by atoms with E-state index in [1.54, 1.807) is 54.6 Å². The highest BCUT2D eigenvalue weighted by Gasteiger charge is 2.30. The number of aromatic hydroxyl groups is 1. The summed E-state index contributed by atoms with van der Waals surface area (Å²) < 4.78 is 98.0. The lowest BCUT2D eigenvalue weighted by atomic mass is 10.1. The van der Waals surface area contributed by atoms with Crippen molar-refractivity contribution in [1.29, 1.82) is 0 Å². The number of sulfone groups is 1. The van der Waals surface area contributed by atoms with Crippen molar-refractivity contribution < 1.29 is 39.8 Å². The molecule has 5 rings (SSSR count). The largest absolute Gasteiger partial charge is 0.772 e. The molecule has 0 aliphatic heterocycles. The molecule has 0 aromatic heterocycles. The Bertz CT molecular complexity index is 2270. The monoisotopic (exact) mass is 790 g/mol. The van der Waals surface area contributed by atoms with E-state index in [0.717, 1.165) is 15.9 Å². The fourth-order valence-electron chi connectivity index (χ4n) is 5.17. The third-order valence-corrected chi connectivity index (χ3v) is 12.4. The zero-order valence-corrected chi connectivity index (χ0v) is 30.9. The van der Waals surface area contributed by atoms with Crippen molar-refractivity contribution in [3.05, 3.63) is 147 Å². The van der Waals surface area contributed by atoms with Gasteiger partial charge < -0.3 is 14.4 Å². The van der Waals surface area contributed by atoms with Crippen molar-refractivity contribution in [3.63, 3.8) is 0 Å². The molecule has 0 aliphatic carbocycles. The average Bonchev–Trinajstić information content (AvgIpc) is 3.07. The summed E-state index contributed by atoms with van der Waals surface area (Å²) in [7, 11) is -8.22. The van der Waals surface area contributed by atoms with Crippen LogP contribution in [0, 0.1) is 12.7 Å². The third kappa shape index (κ3) is 10.2. The molecule has 0 amide bonds. The van der Waals surface area contributed by atoms with Crippen molar-refractivity contribution in [1.82, 2.24) is 4.31 Å².